The normalized spacial score (nSPS) is 21.2. The van der Waals surface area contributed by atoms with Crippen LogP contribution in [0, 0.1) is 0 Å². The van der Waals surface area contributed by atoms with Crippen LogP contribution in [-0.2, 0) is 10.0 Å². The summed E-state index contributed by atoms with van der Waals surface area (Å²) in [6.45, 7) is 2.43. The Labute approximate surface area is 102 Å². The molecule has 1 fully saturated rings. The molecule has 0 spiro atoms. The Hall–Kier alpha value is -1.07. The summed E-state index contributed by atoms with van der Waals surface area (Å²) >= 11 is 0. The van der Waals surface area contributed by atoms with Crippen LogP contribution in [0.5, 0.6) is 0 Å². The van der Waals surface area contributed by atoms with Crippen molar-refractivity contribution in [2.24, 2.45) is 5.73 Å². The van der Waals surface area contributed by atoms with Crippen molar-refractivity contribution in [2.75, 3.05) is 16.6 Å². The largest absolute Gasteiger partial charge is 0.324 e. The van der Waals surface area contributed by atoms with E-state index in [4.69, 9.17) is 5.73 Å². The highest BCUT2D eigenvalue weighted by molar-refractivity contribution is 7.92. The Morgan fingerprint density at radius 1 is 1.29 bits per heavy atom. The van der Waals surface area contributed by atoms with Crippen LogP contribution >= 0.6 is 0 Å². The topological polar surface area (TPSA) is 63.4 Å². The van der Waals surface area contributed by atoms with Gasteiger partial charge >= 0.3 is 0 Å². The minimum Gasteiger partial charge on any atom is -0.324 e. The third-order valence-electron chi connectivity index (χ3n) is 3.05. The number of nitrogens with two attached hydrogens (primary N) is 1. The van der Waals surface area contributed by atoms with E-state index in [1.54, 1.807) is 0 Å². The number of anilines is 1. The number of nitrogens with zero attached hydrogens (tertiary/aromatic N) is 1. The molecule has 0 radical (unpaired) electrons. The predicted molar refractivity (Wildman–Crippen MR) is 69.4 cm³/mol. The van der Waals surface area contributed by atoms with Crippen LogP contribution in [0.3, 0.4) is 0 Å². The lowest BCUT2D eigenvalue weighted by atomic mass is 10.1. The summed E-state index contributed by atoms with van der Waals surface area (Å²) < 4.78 is 25.6. The van der Waals surface area contributed by atoms with Gasteiger partial charge in [-0.1, -0.05) is 18.2 Å². The fourth-order valence-corrected chi connectivity index (χ4v) is 3.82. The van der Waals surface area contributed by atoms with E-state index in [-0.39, 0.29) is 11.8 Å². The number of hydrogen-bond acceptors (Lipinski definition) is 3. The van der Waals surface area contributed by atoms with Crippen molar-refractivity contribution in [3.05, 3.63) is 29.8 Å². The fourth-order valence-electron chi connectivity index (χ4n) is 2.16. The van der Waals surface area contributed by atoms with Crippen LogP contribution in [0.2, 0.25) is 0 Å². The van der Waals surface area contributed by atoms with Gasteiger partial charge in [0, 0.05) is 12.6 Å². The summed E-state index contributed by atoms with van der Waals surface area (Å²) in [4.78, 5) is 0. The van der Waals surface area contributed by atoms with Gasteiger partial charge in [-0.15, -0.1) is 0 Å². The maximum Gasteiger partial charge on any atom is 0.235 e. The molecule has 5 heteroatoms. The molecule has 1 aliphatic heterocycles. The first-order valence-corrected chi connectivity index (χ1v) is 7.48. The number of rotatable bonds is 2. The van der Waals surface area contributed by atoms with Gasteiger partial charge in [0.15, 0.2) is 0 Å². The average Bonchev–Trinajstić information content (AvgIpc) is 2.28. The van der Waals surface area contributed by atoms with E-state index >= 15 is 0 Å². The molecule has 4 nitrogen and oxygen atoms in total. The van der Waals surface area contributed by atoms with Gasteiger partial charge in [0.25, 0.3) is 0 Å². The third kappa shape index (κ3) is 2.45. The Kier molecular flexibility index (Phi) is 3.40. The summed E-state index contributed by atoms with van der Waals surface area (Å²) in [6, 6.07) is 7.30. The Morgan fingerprint density at radius 3 is 2.65 bits per heavy atom. The van der Waals surface area contributed by atoms with Gasteiger partial charge < -0.3 is 5.73 Å². The fraction of sp³-hybridized carbons (Fsp3) is 0.500. The molecule has 2 rings (SSSR count). The monoisotopic (exact) mass is 254 g/mol. The number of benzene rings is 1. The zero-order chi connectivity index (χ0) is 12.5. The van der Waals surface area contributed by atoms with Crippen molar-refractivity contribution in [1.29, 1.82) is 0 Å². The van der Waals surface area contributed by atoms with Gasteiger partial charge in [0.2, 0.25) is 10.0 Å². The SMILES string of the molecule is CC(N)c1ccccc1N1CCCCS1(=O)=O. The number of para-hydroxylation sites is 1. The molecule has 2 N–H and O–H groups in total. The van der Waals surface area contributed by atoms with Crippen LogP contribution in [0.1, 0.15) is 31.4 Å². The van der Waals surface area contributed by atoms with Crippen LogP contribution in [0.15, 0.2) is 24.3 Å². The van der Waals surface area contributed by atoms with E-state index < -0.39 is 10.0 Å². The van der Waals surface area contributed by atoms with Gasteiger partial charge in [-0.2, -0.15) is 0 Å². The first kappa shape index (κ1) is 12.4. The summed E-state index contributed by atoms with van der Waals surface area (Å²) in [5.41, 5.74) is 7.51. The van der Waals surface area contributed by atoms with E-state index in [0.29, 0.717) is 6.54 Å². The molecule has 1 heterocycles. The molecule has 1 saturated heterocycles. The van der Waals surface area contributed by atoms with Crippen LogP contribution in [0.4, 0.5) is 5.69 Å². The molecule has 94 valence electrons. The number of hydrogen-bond donors (Lipinski definition) is 1. The first-order valence-electron chi connectivity index (χ1n) is 5.87. The maximum absolute atomic E-state index is 12.0. The van der Waals surface area contributed by atoms with Crippen molar-refractivity contribution in [1.82, 2.24) is 0 Å². The molecule has 1 aromatic carbocycles. The second kappa shape index (κ2) is 4.66. The molecular weight excluding hydrogens is 236 g/mol. The van der Waals surface area contributed by atoms with E-state index in [0.717, 1.165) is 24.1 Å². The van der Waals surface area contributed by atoms with E-state index in [1.807, 2.05) is 31.2 Å². The van der Waals surface area contributed by atoms with E-state index in [2.05, 4.69) is 0 Å². The molecule has 0 saturated carbocycles. The van der Waals surface area contributed by atoms with E-state index in [1.165, 1.54) is 4.31 Å². The Bertz CT molecular complexity index is 497. The summed E-state index contributed by atoms with van der Waals surface area (Å²) in [5, 5.41) is 0. The highest BCUT2D eigenvalue weighted by atomic mass is 32.2. The summed E-state index contributed by atoms with van der Waals surface area (Å²) in [6.07, 6.45) is 1.66. The zero-order valence-corrected chi connectivity index (χ0v) is 10.8. The van der Waals surface area contributed by atoms with Crippen molar-refractivity contribution < 1.29 is 8.42 Å². The van der Waals surface area contributed by atoms with Crippen molar-refractivity contribution >= 4 is 15.7 Å². The van der Waals surface area contributed by atoms with Gasteiger partial charge in [0.1, 0.15) is 0 Å². The molecular formula is C12H18N2O2S. The minimum atomic E-state index is -3.15. The zero-order valence-electron chi connectivity index (χ0n) is 9.96. The lowest BCUT2D eigenvalue weighted by Gasteiger charge is -2.30. The molecule has 1 aliphatic rings. The highest BCUT2D eigenvalue weighted by Gasteiger charge is 2.27. The minimum absolute atomic E-state index is 0.164. The van der Waals surface area contributed by atoms with Gasteiger partial charge in [0.05, 0.1) is 11.4 Å². The highest BCUT2D eigenvalue weighted by Crippen LogP contribution is 2.29. The second-order valence-electron chi connectivity index (χ2n) is 4.44. The molecule has 0 amide bonds. The van der Waals surface area contributed by atoms with E-state index in [9.17, 15) is 8.42 Å². The molecule has 1 aromatic rings. The quantitative estimate of drug-likeness (QED) is 0.872. The third-order valence-corrected chi connectivity index (χ3v) is 4.90. The summed E-state index contributed by atoms with van der Waals surface area (Å²) in [5.74, 6) is 0.236. The second-order valence-corrected chi connectivity index (χ2v) is 6.46. The van der Waals surface area contributed by atoms with Crippen LogP contribution in [-0.4, -0.2) is 20.7 Å². The Balaban J connectivity index is 2.46. The van der Waals surface area contributed by atoms with Crippen molar-refractivity contribution in [3.63, 3.8) is 0 Å². The van der Waals surface area contributed by atoms with Gasteiger partial charge in [-0.3, -0.25) is 4.31 Å². The predicted octanol–water partition coefficient (Wildman–Crippen LogP) is 1.64. The Morgan fingerprint density at radius 2 is 2.00 bits per heavy atom. The van der Waals surface area contributed by atoms with Crippen molar-refractivity contribution in [3.8, 4) is 0 Å². The standard InChI is InChI=1S/C12H18N2O2S/c1-10(13)11-6-2-3-7-12(11)14-8-4-5-9-17(14,15)16/h2-3,6-7,10H,4-5,8-9,13H2,1H3. The van der Waals surface area contributed by atoms with Gasteiger partial charge in [-0.05, 0) is 31.4 Å². The van der Waals surface area contributed by atoms with Gasteiger partial charge in [-0.25, -0.2) is 8.42 Å². The maximum atomic E-state index is 12.0. The summed E-state index contributed by atoms with van der Waals surface area (Å²) in [7, 11) is -3.15. The molecule has 0 aromatic heterocycles. The molecule has 1 unspecified atom stereocenters. The molecule has 1 atom stereocenters. The lowest BCUT2D eigenvalue weighted by Crippen LogP contribution is -2.38. The molecule has 0 bridgehead atoms. The molecule has 0 aliphatic carbocycles. The lowest BCUT2D eigenvalue weighted by molar-refractivity contribution is 0.574. The number of sulfonamides is 1. The van der Waals surface area contributed by atoms with Crippen LogP contribution < -0.4 is 10.0 Å². The average molecular weight is 254 g/mol. The first-order chi connectivity index (χ1) is 8.02. The smallest absolute Gasteiger partial charge is 0.235 e. The molecule has 17 heavy (non-hydrogen) atoms. The van der Waals surface area contributed by atoms with Crippen molar-refractivity contribution in [2.45, 2.75) is 25.8 Å². The van der Waals surface area contributed by atoms with Crippen LogP contribution in [0.25, 0.3) is 0 Å².